The molecule has 2 aromatic carbocycles. The second-order valence-corrected chi connectivity index (χ2v) is 9.44. The van der Waals surface area contributed by atoms with Crippen LogP contribution in [-0.2, 0) is 27.0 Å². The Kier molecular flexibility index (Phi) is 6.52. The van der Waals surface area contributed by atoms with Crippen molar-refractivity contribution in [3.05, 3.63) is 71.9 Å². The normalized spacial score (nSPS) is 14.2. The van der Waals surface area contributed by atoms with Gasteiger partial charge in [-0.25, -0.2) is 4.79 Å². The number of carboxylic acid groups (broad SMARTS) is 1. The molecule has 0 spiro atoms. The molecule has 3 rings (SSSR count). The van der Waals surface area contributed by atoms with Gasteiger partial charge in [-0.3, -0.25) is 9.36 Å². The van der Waals surface area contributed by atoms with Gasteiger partial charge in [0.1, 0.15) is 12.2 Å². The van der Waals surface area contributed by atoms with Crippen molar-refractivity contribution >= 4 is 30.1 Å². The van der Waals surface area contributed by atoms with E-state index in [0.717, 1.165) is 22.0 Å². The Bertz CT molecular complexity index is 1050. The van der Waals surface area contributed by atoms with Crippen molar-refractivity contribution in [1.29, 1.82) is 0 Å². The van der Waals surface area contributed by atoms with Crippen LogP contribution in [0.15, 0.2) is 60.8 Å². The zero-order valence-corrected chi connectivity index (χ0v) is 16.6. The molecule has 1 aromatic heterocycles. The first kappa shape index (κ1) is 20.8. The van der Waals surface area contributed by atoms with Gasteiger partial charge in [-0.2, -0.15) is 0 Å². The molecule has 0 radical (unpaired) electrons. The summed E-state index contributed by atoms with van der Waals surface area (Å²) in [6.45, 7) is 0. The van der Waals surface area contributed by atoms with Gasteiger partial charge < -0.3 is 20.3 Å². The molecule has 1 unspecified atom stereocenters. The molecule has 0 aliphatic heterocycles. The fraction of sp³-hybridized carbons (Fsp3) is 0.238. The molecule has 152 valence electrons. The summed E-state index contributed by atoms with van der Waals surface area (Å²) in [5, 5.41) is 12.8. The topological polar surface area (TPSA) is 119 Å². The molecule has 8 heteroatoms. The monoisotopic (exact) mass is 414 g/mol. The number of hydrogen-bond donors (Lipinski definition) is 4. The van der Waals surface area contributed by atoms with Crippen molar-refractivity contribution in [1.82, 2.24) is 10.3 Å². The van der Waals surface area contributed by atoms with Crippen molar-refractivity contribution in [2.45, 2.75) is 18.9 Å². The number of aliphatic carboxylic acids is 1. The minimum Gasteiger partial charge on any atom is -0.480 e. The molecule has 2 atom stereocenters. The first-order valence-corrected chi connectivity index (χ1v) is 11.3. The first-order valence-electron chi connectivity index (χ1n) is 9.26. The van der Waals surface area contributed by atoms with Gasteiger partial charge in [0.15, 0.2) is 0 Å². The third kappa shape index (κ3) is 5.79. The zero-order valence-electron chi connectivity index (χ0n) is 15.7. The van der Waals surface area contributed by atoms with E-state index in [-0.39, 0.29) is 12.6 Å². The third-order valence-corrected chi connectivity index (χ3v) is 6.42. The van der Waals surface area contributed by atoms with Crippen LogP contribution in [0.3, 0.4) is 0 Å². The highest BCUT2D eigenvalue weighted by Gasteiger charge is 2.27. The molecule has 3 aromatic rings. The van der Waals surface area contributed by atoms with E-state index in [1.807, 2.05) is 54.6 Å². The van der Waals surface area contributed by atoms with Crippen LogP contribution < -0.4 is 5.32 Å². The summed E-state index contributed by atoms with van der Waals surface area (Å²) in [7, 11) is -3.72. The number of amides is 1. The van der Waals surface area contributed by atoms with Gasteiger partial charge >= 0.3 is 5.97 Å². The maximum absolute atomic E-state index is 12.4. The van der Waals surface area contributed by atoms with Crippen molar-refractivity contribution in [2.24, 2.45) is 0 Å². The van der Waals surface area contributed by atoms with E-state index < -0.39 is 31.4 Å². The number of hydrogen-bond acceptors (Lipinski definition) is 3. The lowest BCUT2D eigenvalue weighted by Crippen LogP contribution is -2.43. The Labute approximate surface area is 168 Å². The van der Waals surface area contributed by atoms with E-state index in [9.17, 15) is 24.2 Å². The number of aromatic amines is 1. The minimum absolute atomic E-state index is 0.0371. The number of para-hydroxylation sites is 1. The Balaban J connectivity index is 1.60. The second kappa shape index (κ2) is 9.07. The minimum atomic E-state index is -3.72. The largest absolute Gasteiger partial charge is 0.480 e. The van der Waals surface area contributed by atoms with Gasteiger partial charge in [0, 0.05) is 29.7 Å². The number of carboxylic acids is 1. The standard InChI is InChI=1S/C21H23N2O5P/c24-20(14-29(27,28)11-10-15-6-2-1-3-7-15)23-19(21(25)26)12-16-13-22-18-9-5-4-8-17(16)18/h1-9,13,19,22H,10-12,14H2,(H,23,24)(H,25,26)(H,27,28)/t19-/m0/s1. The van der Waals surface area contributed by atoms with Crippen LogP contribution >= 0.6 is 7.37 Å². The Morgan fingerprint density at radius 3 is 2.48 bits per heavy atom. The van der Waals surface area contributed by atoms with Crippen LogP contribution in [0, 0.1) is 0 Å². The van der Waals surface area contributed by atoms with E-state index in [1.165, 1.54) is 0 Å². The average Bonchev–Trinajstić information content (AvgIpc) is 3.09. The third-order valence-electron chi connectivity index (χ3n) is 4.72. The molecule has 1 amide bonds. The molecule has 4 N–H and O–H groups in total. The summed E-state index contributed by atoms with van der Waals surface area (Å²) in [5.74, 6) is -1.93. The maximum Gasteiger partial charge on any atom is 0.326 e. The number of nitrogens with one attached hydrogen (secondary N) is 2. The van der Waals surface area contributed by atoms with E-state index in [4.69, 9.17) is 0 Å². The fourth-order valence-electron chi connectivity index (χ4n) is 3.21. The highest BCUT2D eigenvalue weighted by molar-refractivity contribution is 7.58. The quantitative estimate of drug-likeness (QED) is 0.402. The molecule has 0 aliphatic carbocycles. The summed E-state index contributed by atoms with van der Waals surface area (Å²) in [6, 6.07) is 15.5. The van der Waals surface area contributed by atoms with E-state index >= 15 is 0 Å². The van der Waals surface area contributed by atoms with E-state index in [0.29, 0.717) is 6.42 Å². The lowest BCUT2D eigenvalue weighted by atomic mass is 10.1. The summed E-state index contributed by atoms with van der Waals surface area (Å²) >= 11 is 0. The smallest absolute Gasteiger partial charge is 0.326 e. The second-order valence-electron chi connectivity index (χ2n) is 6.99. The van der Waals surface area contributed by atoms with Crippen molar-refractivity contribution < 1.29 is 24.2 Å². The van der Waals surface area contributed by atoms with Gasteiger partial charge in [0.25, 0.3) is 0 Å². The summed E-state index contributed by atoms with van der Waals surface area (Å²) in [5.41, 5.74) is 2.54. The van der Waals surface area contributed by atoms with Crippen LogP contribution in [0.2, 0.25) is 0 Å². The first-order chi connectivity index (χ1) is 13.8. The molecule has 1 heterocycles. The number of benzene rings is 2. The Morgan fingerprint density at radius 1 is 1.07 bits per heavy atom. The number of aromatic nitrogens is 1. The molecular weight excluding hydrogens is 391 g/mol. The van der Waals surface area contributed by atoms with Crippen LogP contribution in [0.1, 0.15) is 11.1 Å². The van der Waals surface area contributed by atoms with Gasteiger partial charge in [0.05, 0.1) is 0 Å². The van der Waals surface area contributed by atoms with E-state index in [2.05, 4.69) is 10.3 Å². The van der Waals surface area contributed by atoms with Crippen molar-refractivity contribution in [3.8, 4) is 0 Å². The molecule has 29 heavy (non-hydrogen) atoms. The molecule has 7 nitrogen and oxygen atoms in total. The summed E-state index contributed by atoms with van der Waals surface area (Å²) in [4.78, 5) is 37.1. The van der Waals surface area contributed by atoms with Gasteiger partial charge in [-0.05, 0) is 23.6 Å². The molecule has 0 aliphatic rings. The molecule has 0 bridgehead atoms. The van der Waals surface area contributed by atoms with Crippen molar-refractivity contribution in [3.63, 3.8) is 0 Å². The number of carbonyl (C=O) groups is 2. The van der Waals surface area contributed by atoms with E-state index in [1.54, 1.807) is 6.20 Å². The van der Waals surface area contributed by atoms with Crippen molar-refractivity contribution in [2.75, 3.05) is 12.3 Å². The number of rotatable bonds is 9. The fourth-order valence-corrected chi connectivity index (χ4v) is 4.52. The van der Waals surface area contributed by atoms with Crippen LogP contribution in [0.25, 0.3) is 10.9 Å². The number of carbonyl (C=O) groups excluding carboxylic acids is 1. The van der Waals surface area contributed by atoms with Crippen LogP contribution in [0.5, 0.6) is 0 Å². The van der Waals surface area contributed by atoms with Gasteiger partial charge in [0.2, 0.25) is 13.3 Å². The molecule has 0 fully saturated rings. The lowest BCUT2D eigenvalue weighted by Gasteiger charge is -2.16. The maximum atomic E-state index is 12.4. The Hall–Kier alpha value is -2.89. The van der Waals surface area contributed by atoms with Gasteiger partial charge in [-0.1, -0.05) is 48.5 Å². The summed E-state index contributed by atoms with van der Waals surface area (Å²) < 4.78 is 12.4. The SMILES string of the molecule is O=C(CP(=O)(O)CCc1ccccc1)N[C@@H](Cc1c[nH]c2ccccc12)C(=O)O. The number of fused-ring (bicyclic) bond motifs is 1. The molecule has 0 saturated carbocycles. The van der Waals surface area contributed by atoms with Crippen LogP contribution in [-0.4, -0.2) is 45.2 Å². The predicted molar refractivity (Wildman–Crippen MR) is 111 cm³/mol. The van der Waals surface area contributed by atoms with Gasteiger partial charge in [-0.15, -0.1) is 0 Å². The number of H-pyrrole nitrogens is 1. The predicted octanol–water partition coefficient (Wildman–Crippen LogP) is 2.79. The number of aryl methyl sites for hydroxylation is 1. The zero-order chi connectivity index (χ0) is 20.9. The molecule has 0 saturated heterocycles. The Morgan fingerprint density at radius 2 is 1.76 bits per heavy atom. The van der Waals surface area contributed by atoms with Crippen LogP contribution in [0.4, 0.5) is 0 Å². The molecular formula is C21H23N2O5P. The highest BCUT2D eigenvalue weighted by atomic mass is 31.2. The lowest BCUT2D eigenvalue weighted by molar-refractivity contribution is -0.141. The average molecular weight is 414 g/mol. The summed E-state index contributed by atoms with van der Waals surface area (Å²) in [6.07, 6.45) is 1.52. The highest BCUT2D eigenvalue weighted by Crippen LogP contribution is 2.40.